The van der Waals surface area contributed by atoms with Gasteiger partial charge in [0.25, 0.3) is 0 Å². The van der Waals surface area contributed by atoms with Crippen molar-refractivity contribution >= 4 is 5.97 Å². The minimum Gasteiger partial charge on any atom is -0.481 e. The molecule has 1 rings (SSSR count). The van der Waals surface area contributed by atoms with Crippen molar-refractivity contribution in [2.45, 2.75) is 18.8 Å². The lowest BCUT2D eigenvalue weighted by molar-refractivity contribution is -0.142. The molecule has 2 N–H and O–H groups in total. The van der Waals surface area contributed by atoms with Crippen molar-refractivity contribution < 1.29 is 19.7 Å². The molecule has 7 heteroatoms. The molecule has 0 heterocycles. The van der Waals surface area contributed by atoms with Crippen molar-refractivity contribution in [2.75, 3.05) is 6.61 Å². The Morgan fingerprint density at radius 1 is 1.44 bits per heavy atom. The molecule has 1 aromatic carbocycles. The minimum atomic E-state index is -1.54. The number of carboxylic acids is 1. The first kappa shape index (κ1) is 14.0. The number of carboxylic acid groups (broad SMARTS) is 1. The molecular formula is C11H13N3O4. The smallest absolute Gasteiger partial charge is 0.315 e. The first-order chi connectivity index (χ1) is 8.65. The van der Waals surface area contributed by atoms with Gasteiger partial charge in [0, 0.05) is 4.91 Å². The predicted molar refractivity (Wildman–Crippen MR) is 62.7 cm³/mol. The fourth-order valence-electron chi connectivity index (χ4n) is 1.31. The van der Waals surface area contributed by atoms with E-state index in [1.54, 1.807) is 0 Å². The SMILES string of the molecule is [N-]=[N+]=NC(C(=O)O)C(O)COCc1ccccc1. The van der Waals surface area contributed by atoms with E-state index in [4.69, 9.17) is 15.4 Å². The molecule has 18 heavy (non-hydrogen) atoms. The van der Waals surface area contributed by atoms with Crippen molar-refractivity contribution in [3.63, 3.8) is 0 Å². The summed E-state index contributed by atoms with van der Waals surface area (Å²) in [4.78, 5) is 13.1. The number of hydrogen-bond acceptors (Lipinski definition) is 4. The molecule has 0 aromatic heterocycles. The normalized spacial score (nSPS) is 13.4. The van der Waals surface area contributed by atoms with Crippen LogP contribution in [-0.4, -0.2) is 34.9 Å². The Hall–Kier alpha value is -2.08. The molecule has 1 aromatic rings. The Bertz CT molecular complexity index is 429. The summed E-state index contributed by atoms with van der Waals surface area (Å²) in [6.07, 6.45) is -1.37. The van der Waals surface area contributed by atoms with E-state index in [2.05, 4.69) is 10.0 Å². The van der Waals surface area contributed by atoms with Crippen LogP contribution in [0, 0.1) is 0 Å². The Morgan fingerprint density at radius 3 is 2.67 bits per heavy atom. The van der Waals surface area contributed by atoms with Gasteiger partial charge in [-0.15, -0.1) is 0 Å². The van der Waals surface area contributed by atoms with Gasteiger partial charge in [-0.3, -0.25) is 4.79 Å². The highest BCUT2D eigenvalue weighted by Gasteiger charge is 2.25. The summed E-state index contributed by atoms with van der Waals surface area (Å²) in [5.41, 5.74) is 9.08. The predicted octanol–water partition coefficient (Wildman–Crippen LogP) is 1.33. The van der Waals surface area contributed by atoms with E-state index < -0.39 is 18.1 Å². The van der Waals surface area contributed by atoms with Crippen LogP contribution in [0.4, 0.5) is 0 Å². The molecule has 0 saturated heterocycles. The lowest BCUT2D eigenvalue weighted by Gasteiger charge is -2.14. The molecule has 0 amide bonds. The second-order valence-corrected chi connectivity index (χ2v) is 3.56. The Morgan fingerprint density at radius 2 is 2.11 bits per heavy atom. The minimum absolute atomic E-state index is 0.217. The highest BCUT2D eigenvalue weighted by molar-refractivity contribution is 5.74. The van der Waals surface area contributed by atoms with Crippen LogP contribution in [0.1, 0.15) is 5.56 Å². The number of aliphatic hydroxyl groups excluding tert-OH is 1. The van der Waals surface area contributed by atoms with Crippen molar-refractivity contribution in [2.24, 2.45) is 5.11 Å². The molecule has 0 bridgehead atoms. The summed E-state index contributed by atoms with van der Waals surface area (Å²) in [6.45, 7) is 0.0331. The zero-order chi connectivity index (χ0) is 13.4. The number of nitrogens with zero attached hydrogens (tertiary/aromatic N) is 3. The summed E-state index contributed by atoms with van der Waals surface area (Å²) in [6, 6.07) is 7.69. The maximum Gasteiger partial charge on any atom is 0.315 e. The van der Waals surface area contributed by atoms with E-state index in [0.717, 1.165) is 5.56 Å². The number of azide groups is 1. The number of aliphatic carboxylic acids is 1. The van der Waals surface area contributed by atoms with Crippen LogP contribution < -0.4 is 0 Å². The van der Waals surface area contributed by atoms with Gasteiger partial charge in [-0.25, -0.2) is 0 Å². The largest absolute Gasteiger partial charge is 0.481 e. The molecule has 2 unspecified atom stereocenters. The van der Waals surface area contributed by atoms with Gasteiger partial charge in [-0.1, -0.05) is 35.4 Å². The molecule has 0 fully saturated rings. The van der Waals surface area contributed by atoms with Gasteiger partial charge in [-0.2, -0.15) is 0 Å². The van der Waals surface area contributed by atoms with Gasteiger partial charge < -0.3 is 14.9 Å². The number of aliphatic hydroxyl groups is 1. The van der Waals surface area contributed by atoms with Crippen LogP contribution in [0.25, 0.3) is 10.4 Å². The molecule has 0 saturated carbocycles. The summed E-state index contributed by atoms with van der Waals surface area (Å²) in [5, 5.41) is 21.2. The summed E-state index contributed by atoms with van der Waals surface area (Å²) in [5.74, 6) is -1.39. The third kappa shape index (κ3) is 4.42. The zero-order valence-electron chi connectivity index (χ0n) is 9.51. The molecule has 2 atom stereocenters. The highest BCUT2D eigenvalue weighted by Crippen LogP contribution is 2.05. The van der Waals surface area contributed by atoms with E-state index in [1.807, 2.05) is 30.3 Å². The number of carbonyl (C=O) groups is 1. The second kappa shape index (κ2) is 7.29. The average Bonchev–Trinajstić information content (AvgIpc) is 2.36. The van der Waals surface area contributed by atoms with Crippen LogP contribution in [0.5, 0.6) is 0 Å². The summed E-state index contributed by atoms with van der Waals surface area (Å²) < 4.78 is 5.16. The standard InChI is InChI=1S/C11H13N3O4/c12-14-13-10(11(16)17)9(15)7-18-6-8-4-2-1-3-5-8/h1-5,9-10,15H,6-7H2,(H,16,17). The van der Waals surface area contributed by atoms with Crippen molar-refractivity contribution in [1.29, 1.82) is 0 Å². The Balaban J connectivity index is 2.42. The summed E-state index contributed by atoms with van der Waals surface area (Å²) in [7, 11) is 0. The van der Waals surface area contributed by atoms with Gasteiger partial charge >= 0.3 is 5.97 Å². The summed E-state index contributed by atoms with van der Waals surface area (Å²) >= 11 is 0. The lowest BCUT2D eigenvalue weighted by Crippen LogP contribution is -2.35. The average molecular weight is 251 g/mol. The van der Waals surface area contributed by atoms with Crippen LogP contribution in [0.2, 0.25) is 0 Å². The van der Waals surface area contributed by atoms with E-state index in [-0.39, 0.29) is 13.2 Å². The number of benzene rings is 1. The molecule has 0 aliphatic carbocycles. The van der Waals surface area contributed by atoms with Crippen LogP contribution in [0.15, 0.2) is 35.4 Å². The van der Waals surface area contributed by atoms with Crippen molar-refractivity contribution in [3.05, 3.63) is 46.3 Å². The zero-order valence-corrected chi connectivity index (χ0v) is 9.51. The third-order valence-corrected chi connectivity index (χ3v) is 2.19. The Labute approximate surface area is 103 Å². The van der Waals surface area contributed by atoms with Crippen LogP contribution in [0.3, 0.4) is 0 Å². The fraction of sp³-hybridized carbons (Fsp3) is 0.364. The topological polar surface area (TPSA) is 116 Å². The van der Waals surface area contributed by atoms with Gasteiger partial charge in [0.15, 0.2) is 6.04 Å². The molecular weight excluding hydrogens is 238 g/mol. The first-order valence-corrected chi connectivity index (χ1v) is 5.22. The number of hydrogen-bond donors (Lipinski definition) is 2. The molecule has 7 nitrogen and oxygen atoms in total. The molecule has 0 aliphatic rings. The fourth-order valence-corrected chi connectivity index (χ4v) is 1.31. The maximum atomic E-state index is 10.7. The second-order valence-electron chi connectivity index (χ2n) is 3.56. The van der Waals surface area contributed by atoms with Gasteiger partial charge in [0.05, 0.1) is 19.3 Å². The molecule has 96 valence electrons. The van der Waals surface area contributed by atoms with Crippen molar-refractivity contribution in [1.82, 2.24) is 0 Å². The van der Waals surface area contributed by atoms with E-state index in [1.165, 1.54) is 0 Å². The number of rotatable bonds is 7. The molecule has 0 radical (unpaired) electrons. The monoisotopic (exact) mass is 251 g/mol. The van der Waals surface area contributed by atoms with Crippen LogP contribution in [-0.2, 0) is 16.1 Å². The van der Waals surface area contributed by atoms with Crippen molar-refractivity contribution in [3.8, 4) is 0 Å². The highest BCUT2D eigenvalue weighted by atomic mass is 16.5. The van der Waals surface area contributed by atoms with Crippen LogP contribution >= 0.6 is 0 Å². The quantitative estimate of drug-likeness (QED) is 0.432. The Kier molecular flexibility index (Phi) is 5.66. The molecule has 0 spiro atoms. The van der Waals surface area contributed by atoms with Gasteiger partial charge in [-0.05, 0) is 11.1 Å². The third-order valence-electron chi connectivity index (χ3n) is 2.19. The molecule has 0 aliphatic heterocycles. The van der Waals surface area contributed by atoms with Gasteiger partial charge in [0.2, 0.25) is 0 Å². The van der Waals surface area contributed by atoms with E-state index >= 15 is 0 Å². The van der Waals surface area contributed by atoms with Gasteiger partial charge in [0.1, 0.15) is 0 Å². The lowest BCUT2D eigenvalue weighted by atomic mass is 10.2. The number of ether oxygens (including phenoxy) is 1. The van der Waals surface area contributed by atoms with E-state index in [9.17, 15) is 9.90 Å². The van der Waals surface area contributed by atoms with E-state index in [0.29, 0.717) is 0 Å². The first-order valence-electron chi connectivity index (χ1n) is 5.22. The maximum absolute atomic E-state index is 10.7.